The number of carbonyl (C=O) groups excluding carboxylic acids is 1. The third kappa shape index (κ3) is 3.47. The fourth-order valence-electron chi connectivity index (χ4n) is 2.46. The lowest BCUT2D eigenvalue weighted by Crippen LogP contribution is -2.28. The minimum Gasteiger partial charge on any atom is -0.435 e. The molecule has 1 aromatic heterocycles. The maximum Gasteiger partial charge on any atom is 0.291 e. The Morgan fingerprint density at radius 3 is 2.48 bits per heavy atom. The fourth-order valence-corrected chi connectivity index (χ4v) is 2.72. The van der Waals surface area contributed by atoms with Crippen LogP contribution in [-0.2, 0) is 0 Å². The normalized spacial score (nSPS) is 15.0. The van der Waals surface area contributed by atoms with Gasteiger partial charge >= 0.3 is 0 Å². The number of carbonyl (C=O) groups is 1. The van der Waals surface area contributed by atoms with Crippen LogP contribution in [0.5, 0.6) is 0 Å². The Labute approximate surface area is 132 Å². The minimum absolute atomic E-state index is 0.222. The highest BCUT2D eigenvalue weighted by Gasteiger charge is 2.17. The highest BCUT2D eigenvalue weighted by molar-refractivity contribution is 9.10. The first-order valence-electron chi connectivity index (χ1n) is 7.14. The highest BCUT2D eigenvalue weighted by Crippen LogP contribution is 2.23. The minimum atomic E-state index is -0.222. The fraction of sp³-hybridized carbons (Fsp3) is 0.312. The van der Waals surface area contributed by atoms with Gasteiger partial charge in [-0.15, -0.1) is 0 Å². The van der Waals surface area contributed by atoms with Crippen molar-refractivity contribution >= 4 is 33.4 Å². The summed E-state index contributed by atoms with van der Waals surface area (Å²) in [5, 5.41) is 2.83. The van der Waals surface area contributed by atoms with Gasteiger partial charge in [0.2, 0.25) is 0 Å². The summed E-state index contributed by atoms with van der Waals surface area (Å²) < 4.78 is 6.66. The first kappa shape index (κ1) is 14.2. The lowest BCUT2D eigenvalue weighted by atomic mass is 10.1. The molecule has 1 aromatic carbocycles. The number of anilines is 2. The van der Waals surface area contributed by atoms with Gasteiger partial charge in [0.05, 0.1) is 0 Å². The van der Waals surface area contributed by atoms with Crippen molar-refractivity contribution in [2.75, 3.05) is 23.3 Å². The molecule has 5 heteroatoms. The number of hydrogen-bond acceptors (Lipinski definition) is 3. The number of piperidine rings is 1. The van der Waals surface area contributed by atoms with Crippen LogP contribution in [0.3, 0.4) is 0 Å². The summed E-state index contributed by atoms with van der Waals surface area (Å²) in [6.45, 7) is 2.00. The van der Waals surface area contributed by atoms with Crippen molar-refractivity contribution in [1.82, 2.24) is 0 Å². The zero-order valence-electron chi connectivity index (χ0n) is 11.6. The van der Waals surface area contributed by atoms with Gasteiger partial charge in [-0.05, 0) is 49.6 Å². The Morgan fingerprint density at radius 1 is 1.05 bits per heavy atom. The number of hydrogen-bond donors (Lipinski definition) is 1. The molecule has 0 saturated carbocycles. The van der Waals surface area contributed by atoms with E-state index < -0.39 is 0 Å². The molecule has 0 atom stereocenters. The second-order valence-corrected chi connectivity index (χ2v) is 6.06. The SMILES string of the molecule is O=C(Nc1ccc(Br)cc1)c1ccc(N2CCCCC2)o1. The zero-order valence-corrected chi connectivity index (χ0v) is 13.2. The van der Waals surface area contributed by atoms with Gasteiger partial charge in [0.1, 0.15) is 0 Å². The van der Waals surface area contributed by atoms with E-state index in [1.165, 1.54) is 19.3 Å². The van der Waals surface area contributed by atoms with Gasteiger partial charge in [-0.2, -0.15) is 0 Å². The van der Waals surface area contributed by atoms with Gasteiger partial charge in [0, 0.05) is 29.3 Å². The molecule has 1 aliphatic rings. The smallest absolute Gasteiger partial charge is 0.291 e. The summed E-state index contributed by atoms with van der Waals surface area (Å²) in [7, 11) is 0. The Morgan fingerprint density at radius 2 is 1.76 bits per heavy atom. The van der Waals surface area contributed by atoms with Crippen LogP contribution in [0.2, 0.25) is 0 Å². The molecule has 2 heterocycles. The quantitative estimate of drug-likeness (QED) is 0.899. The molecule has 0 radical (unpaired) electrons. The summed E-state index contributed by atoms with van der Waals surface area (Å²) >= 11 is 3.37. The van der Waals surface area contributed by atoms with Crippen LogP contribution in [0, 0.1) is 0 Å². The van der Waals surface area contributed by atoms with E-state index in [9.17, 15) is 4.79 Å². The van der Waals surface area contributed by atoms with Crippen LogP contribution in [-0.4, -0.2) is 19.0 Å². The zero-order chi connectivity index (χ0) is 14.7. The number of halogens is 1. The molecule has 1 amide bonds. The Bertz CT molecular complexity index is 615. The summed E-state index contributed by atoms with van der Waals surface area (Å²) in [4.78, 5) is 14.4. The van der Waals surface area contributed by atoms with E-state index in [2.05, 4.69) is 26.1 Å². The molecule has 110 valence electrons. The monoisotopic (exact) mass is 348 g/mol. The van der Waals surface area contributed by atoms with E-state index in [0.29, 0.717) is 5.76 Å². The highest BCUT2D eigenvalue weighted by atomic mass is 79.9. The number of amides is 1. The van der Waals surface area contributed by atoms with Crippen molar-refractivity contribution in [1.29, 1.82) is 0 Å². The Hall–Kier alpha value is -1.75. The van der Waals surface area contributed by atoms with E-state index in [1.807, 2.05) is 30.3 Å². The number of furan rings is 1. The largest absolute Gasteiger partial charge is 0.435 e. The van der Waals surface area contributed by atoms with Gasteiger partial charge in [0.25, 0.3) is 5.91 Å². The van der Waals surface area contributed by atoms with Crippen LogP contribution >= 0.6 is 15.9 Å². The van der Waals surface area contributed by atoms with Crippen molar-refractivity contribution in [3.8, 4) is 0 Å². The Kier molecular flexibility index (Phi) is 4.29. The second-order valence-electron chi connectivity index (χ2n) is 5.15. The second kappa shape index (κ2) is 6.35. The topological polar surface area (TPSA) is 45.5 Å². The van der Waals surface area contributed by atoms with Crippen molar-refractivity contribution in [3.05, 3.63) is 46.6 Å². The molecule has 1 N–H and O–H groups in total. The van der Waals surface area contributed by atoms with Crippen molar-refractivity contribution in [2.24, 2.45) is 0 Å². The molecule has 3 rings (SSSR count). The van der Waals surface area contributed by atoms with Gasteiger partial charge < -0.3 is 14.6 Å². The number of rotatable bonds is 3. The maximum absolute atomic E-state index is 12.2. The lowest BCUT2D eigenvalue weighted by molar-refractivity contribution is 0.0997. The third-order valence-electron chi connectivity index (χ3n) is 3.59. The third-order valence-corrected chi connectivity index (χ3v) is 4.11. The van der Waals surface area contributed by atoms with E-state index >= 15 is 0 Å². The lowest BCUT2D eigenvalue weighted by Gasteiger charge is -2.25. The average molecular weight is 349 g/mol. The molecule has 0 aliphatic carbocycles. The molecular formula is C16H17BrN2O2. The van der Waals surface area contributed by atoms with Crippen LogP contribution in [0.15, 0.2) is 45.3 Å². The predicted octanol–water partition coefficient (Wildman–Crippen LogP) is 4.28. The molecule has 21 heavy (non-hydrogen) atoms. The Balaban J connectivity index is 1.67. The van der Waals surface area contributed by atoms with Crippen LogP contribution in [0.25, 0.3) is 0 Å². The van der Waals surface area contributed by atoms with Crippen molar-refractivity contribution in [3.63, 3.8) is 0 Å². The van der Waals surface area contributed by atoms with Crippen LogP contribution in [0.1, 0.15) is 29.8 Å². The van der Waals surface area contributed by atoms with E-state index in [0.717, 1.165) is 29.1 Å². The van der Waals surface area contributed by atoms with Gasteiger partial charge in [-0.25, -0.2) is 0 Å². The summed E-state index contributed by atoms with van der Waals surface area (Å²) in [6.07, 6.45) is 3.64. The number of nitrogens with one attached hydrogen (secondary N) is 1. The van der Waals surface area contributed by atoms with Crippen LogP contribution in [0.4, 0.5) is 11.6 Å². The van der Waals surface area contributed by atoms with Crippen LogP contribution < -0.4 is 10.2 Å². The summed E-state index contributed by atoms with van der Waals surface area (Å²) in [5.41, 5.74) is 0.749. The van der Waals surface area contributed by atoms with E-state index in [-0.39, 0.29) is 5.91 Å². The summed E-state index contributed by atoms with van der Waals surface area (Å²) in [6, 6.07) is 11.1. The molecular weight excluding hydrogens is 332 g/mol. The first-order valence-corrected chi connectivity index (χ1v) is 7.93. The molecule has 0 unspecified atom stereocenters. The standard InChI is InChI=1S/C16H17BrN2O2/c17-12-4-6-13(7-5-12)18-16(20)14-8-9-15(21-14)19-10-2-1-3-11-19/h4-9H,1-3,10-11H2,(H,18,20). The van der Waals surface area contributed by atoms with E-state index in [1.54, 1.807) is 6.07 Å². The molecule has 0 bridgehead atoms. The summed E-state index contributed by atoms with van der Waals surface area (Å²) in [5.74, 6) is 0.912. The molecule has 0 spiro atoms. The first-order chi connectivity index (χ1) is 10.2. The average Bonchev–Trinajstić information content (AvgIpc) is 3.00. The van der Waals surface area contributed by atoms with Crippen molar-refractivity contribution < 1.29 is 9.21 Å². The van der Waals surface area contributed by atoms with Gasteiger partial charge in [-0.1, -0.05) is 15.9 Å². The number of nitrogens with zero attached hydrogens (tertiary/aromatic N) is 1. The molecule has 1 fully saturated rings. The van der Waals surface area contributed by atoms with Gasteiger partial charge in [-0.3, -0.25) is 4.79 Å². The predicted molar refractivity (Wildman–Crippen MR) is 86.9 cm³/mol. The molecule has 4 nitrogen and oxygen atoms in total. The molecule has 1 saturated heterocycles. The number of benzene rings is 1. The van der Waals surface area contributed by atoms with Crippen molar-refractivity contribution in [2.45, 2.75) is 19.3 Å². The molecule has 2 aromatic rings. The van der Waals surface area contributed by atoms with Gasteiger partial charge in [0.15, 0.2) is 11.6 Å². The maximum atomic E-state index is 12.2. The molecule has 1 aliphatic heterocycles. The van der Waals surface area contributed by atoms with E-state index in [4.69, 9.17) is 4.42 Å².